The average Bonchev–Trinajstić information content (AvgIpc) is 3.65. The molecule has 5 aromatic rings. The van der Waals surface area contributed by atoms with Gasteiger partial charge in [0.2, 0.25) is 10.0 Å². The van der Waals surface area contributed by atoms with Gasteiger partial charge in [-0.05, 0) is 60.4 Å². The van der Waals surface area contributed by atoms with Crippen LogP contribution in [0.5, 0.6) is 5.75 Å². The number of anilines is 1. The average molecular weight is 668 g/mol. The Balaban J connectivity index is 1.53. The number of alkyl halides is 3. The number of benzene rings is 2. The van der Waals surface area contributed by atoms with Crippen LogP contribution in [0, 0.1) is 6.92 Å². The van der Waals surface area contributed by atoms with Gasteiger partial charge in [-0.1, -0.05) is 0 Å². The quantitative estimate of drug-likeness (QED) is 0.274. The minimum Gasteiger partial charge on any atom is -0.497 e. The number of fused-ring (bicyclic) bond motifs is 2. The number of methoxy groups -OCH3 is 1. The monoisotopic (exact) mass is 667 g/mol. The lowest BCUT2D eigenvalue weighted by Crippen LogP contribution is -2.38. The molecule has 47 heavy (non-hydrogen) atoms. The fraction of sp³-hybridized carbons (Fsp3) is 0.258. The van der Waals surface area contributed by atoms with Crippen LogP contribution in [0.2, 0.25) is 0 Å². The maximum Gasteiger partial charge on any atom is 0.435 e. The second kappa shape index (κ2) is 11.5. The summed E-state index contributed by atoms with van der Waals surface area (Å²) in [6.45, 7) is 1.99. The first-order chi connectivity index (χ1) is 22.1. The highest BCUT2D eigenvalue weighted by Crippen LogP contribution is 2.41. The van der Waals surface area contributed by atoms with Crippen LogP contribution in [-0.4, -0.2) is 64.5 Å². The van der Waals surface area contributed by atoms with Gasteiger partial charge in [0.1, 0.15) is 5.75 Å². The van der Waals surface area contributed by atoms with Crippen molar-refractivity contribution in [2.75, 3.05) is 24.8 Å². The Labute approximate surface area is 266 Å². The number of rotatable bonds is 7. The summed E-state index contributed by atoms with van der Waals surface area (Å²) in [6, 6.07) is 7.91. The Hall–Kier alpha value is -5.25. The van der Waals surface area contributed by atoms with E-state index in [2.05, 4.69) is 15.1 Å². The van der Waals surface area contributed by atoms with E-state index < -0.39 is 33.7 Å². The van der Waals surface area contributed by atoms with Gasteiger partial charge in [0.05, 0.1) is 36.5 Å². The molecular formula is C31H28F3N7O5S. The summed E-state index contributed by atoms with van der Waals surface area (Å²) < 4.78 is 76.3. The van der Waals surface area contributed by atoms with E-state index in [-0.39, 0.29) is 53.0 Å². The first kappa shape index (κ1) is 31.7. The van der Waals surface area contributed by atoms with Crippen LogP contribution < -0.4 is 14.4 Å². The van der Waals surface area contributed by atoms with Gasteiger partial charge < -0.3 is 14.2 Å². The molecule has 1 aliphatic rings. The van der Waals surface area contributed by atoms with E-state index >= 15 is 0 Å². The molecule has 244 valence electrons. The number of aryl methyl sites for hydroxylation is 2. The molecule has 0 atom stereocenters. The van der Waals surface area contributed by atoms with Gasteiger partial charge in [0.15, 0.2) is 5.69 Å². The van der Waals surface area contributed by atoms with Crippen LogP contribution in [0.25, 0.3) is 22.0 Å². The van der Waals surface area contributed by atoms with E-state index in [4.69, 9.17) is 4.74 Å². The minimum absolute atomic E-state index is 0.0826. The molecule has 2 amide bonds. The highest BCUT2D eigenvalue weighted by atomic mass is 32.2. The fourth-order valence-electron chi connectivity index (χ4n) is 5.86. The number of sulfonamides is 1. The lowest BCUT2D eigenvalue weighted by atomic mass is 9.87. The SMILES string of the molecule is COc1cc(C(=O)NS(C)(=O)=O)c2nc(C)cc(N3CCc4c(cc(Cn5ccnc5)cc4-c4cn(C)nc4C(F)(F)F)C3=O)c2c1. The van der Waals surface area contributed by atoms with Crippen molar-refractivity contribution in [1.82, 2.24) is 29.0 Å². The van der Waals surface area contributed by atoms with Crippen LogP contribution in [-0.2, 0) is 36.2 Å². The number of halogens is 3. The topological polar surface area (TPSA) is 141 Å². The van der Waals surface area contributed by atoms with Gasteiger partial charge >= 0.3 is 6.18 Å². The summed E-state index contributed by atoms with van der Waals surface area (Å²) in [5.74, 6) is -1.19. The zero-order valence-corrected chi connectivity index (χ0v) is 26.4. The third-order valence-electron chi connectivity index (χ3n) is 7.72. The summed E-state index contributed by atoms with van der Waals surface area (Å²) in [7, 11) is -1.14. The van der Waals surface area contributed by atoms with Gasteiger partial charge in [-0.3, -0.25) is 19.3 Å². The van der Waals surface area contributed by atoms with Gasteiger partial charge in [-0.2, -0.15) is 18.3 Å². The smallest absolute Gasteiger partial charge is 0.435 e. The Morgan fingerprint density at radius 1 is 1.11 bits per heavy atom. The second-order valence-electron chi connectivity index (χ2n) is 11.2. The lowest BCUT2D eigenvalue weighted by molar-refractivity contribution is -0.141. The number of carbonyl (C=O) groups excluding carboxylic acids is 2. The molecule has 1 N–H and O–H groups in total. The van der Waals surface area contributed by atoms with Gasteiger partial charge in [-0.25, -0.2) is 18.1 Å². The third-order valence-corrected chi connectivity index (χ3v) is 8.28. The van der Waals surface area contributed by atoms with Crippen molar-refractivity contribution < 1.29 is 35.9 Å². The summed E-state index contributed by atoms with van der Waals surface area (Å²) in [6.07, 6.45) is 2.45. The molecule has 2 aromatic carbocycles. The van der Waals surface area contributed by atoms with Crippen LogP contribution in [0.4, 0.5) is 18.9 Å². The van der Waals surface area contributed by atoms with Gasteiger partial charge in [-0.15, -0.1) is 0 Å². The molecule has 0 radical (unpaired) electrons. The summed E-state index contributed by atoms with van der Waals surface area (Å²) in [5, 5.41) is 4.03. The minimum atomic E-state index is -4.73. The van der Waals surface area contributed by atoms with Crippen molar-refractivity contribution >= 4 is 38.4 Å². The number of pyridine rings is 1. The number of hydrogen-bond donors (Lipinski definition) is 1. The summed E-state index contributed by atoms with van der Waals surface area (Å²) in [4.78, 5) is 37.5. The van der Waals surface area contributed by atoms with Crippen molar-refractivity contribution in [3.8, 4) is 16.9 Å². The molecule has 6 rings (SSSR count). The molecule has 3 aromatic heterocycles. The van der Waals surface area contributed by atoms with Crippen molar-refractivity contribution in [2.24, 2.45) is 7.05 Å². The summed E-state index contributed by atoms with van der Waals surface area (Å²) in [5.41, 5.74) is 1.14. The van der Waals surface area contributed by atoms with Crippen molar-refractivity contribution in [1.29, 1.82) is 0 Å². The van der Waals surface area contributed by atoms with Crippen molar-refractivity contribution in [3.63, 3.8) is 0 Å². The van der Waals surface area contributed by atoms with Crippen molar-refractivity contribution in [3.05, 3.63) is 88.9 Å². The Bertz CT molecular complexity index is 2180. The Morgan fingerprint density at radius 3 is 2.51 bits per heavy atom. The maximum absolute atomic E-state index is 14.4. The van der Waals surface area contributed by atoms with Gasteiger partial charge in [0, 0.05) is 60.9 Å². The lowest BCUT2D eigenvalue weighted by Gasteiger charge is -2.31. The molecule has 12 nitrogen and oxygen atoms in total. The maximum atomic E-state index is 14.4. The number of imidazole rings is 1. The normalized spacial score (nSPS) is 13.6. The standard InChI is InChI=1S/C31H28F3N7O5S/c1-17-9-26(23-12-19(46-3)13-24(27(23)36-17)29(42)38-47(4,44)45)41-7-5-20-21(25-15-39(2)37-28(25)31(32,33)34)10-18(11-22(20)30(41)43)14-40-8-6-35-16-40/h6,8-13,15-16H,5,7,14H2,1-4H3,(H,38,42). The van der Waals surface area contributed by atoms with Crippen LogP contribution in [0.1, 0.15) is 43.2 Å². The highest BCUT2D eigenvalue weighted by molar-refractivity contribution is 7.89. The molecule has 4 heterocycles. The Morgan fingerprint density at radius 2 is 1.85 bits per heavy atom. The van der Waals surface area contributed by atoms with Crippen LogP contribution in [0.3, 0.4) is 0 Å². The number of aromatic nitrogens is 5. The molecule has 0 bridgehead atoms. The fourth-order valence-corrected chi connectivity index (χ4v) is 6.30. The highest BCUT2D eigenvalue weighted by Gasteiger charge is 2.39. The van der Waals surface area contributed by atoms with E-state index in [0.29, 0.717) is 27.9 Å². The van der Waals surface area contributed by atoms with E-state index in [0.717, 1.165) is 10.9 Å². The van der Waals surface area contributed by atoms with E-state index in [9.17, 15) is 31.2 Å². The zero-order valence-electron chi connectivity index (χ0n) is 25.6. The van der Waals surface area contributed by atoms with E-state index in [1.165, 1.54) is 31.3 Å². The first-order valence-corrected chi connectivity index (χ1v) is 16.1. The molecule has 0 spiro atoms. The van der Waals surface area contributed by atoms with Gasteiger partial charge in [0.25, 0.3) is 11.8 Å². The largest absolute Gasteiger partial charge is 0.497 e. The number of amides is 2. The second-order valence-corrected chi connectivity index (χ2v) is 13.0. The number of nitrogens with zero attached hydrogens (tertiary/aromatic N) is 6. The number of hydrogen-bond acceptors (Lipinski definition) is 8. The zero-order chi connectivity index (χ0) is 33.8. The first-order valence-electron chi connectivity index (χ1n) is 14.2. The third kappa shape index (κ3) is 6.15. The van der Waals surface area contributed by atoms with Crippen LogP contribution in [0.15, 0.2) is 55.2 Å². The molecule has 16 heteroatoms. The predicted octanol–water partition coefficient (Wildman–Crippen LogP) is 4.11. The van der Waals surface area contributed by atoms with E-state index in [1.807, 2.05) is 4.72 Å². The number of ether oxygens (including phenoxy) is 1. The van der Waals surface area contributed by atoms with Crippen molar-refractivity contribution in [2.45, 2.75) is 26.1 Å². The molecular weight excluding hydrogens is 639 g/mol. The summed E-state index contributed by atoms with van der Waals surface area (Å²) >= 11 is 0. The molecule has 0 saturated heterocycles. The number of carbonyl (C=O) groups is 2. The molecule has 0 aliphatic carbocycles. The molecule has 0 fully saturated rings. The predicted molar refractivity (Wildman–Crippen MR) is 166 cm³/mol. The number of nitrogens with one attached hydrogen (secondary N) is 1. The molecule has 1 aliphatic heterocycles. The Kier molecular flexibility index (Phi) is 7.78. The molecule has 0 saturated carbocycles. The van der Waals surface area contributed by atoms with E-state index in [1.54, 1.807) is 54.5 Å². The van der Waals surface area contributed by atoms with Crippen LogP contribution >= 0.6 is 0 Å². The molecule has 0 unspecified atom stereocenters.